The fourth-order valence-electron chi connectivity index (χ4n) is 2.48. The van der Waals surface area contributed by atoms with Crippen molar-refractivity contribution in [2.75, 3.05) is 24.6 Å². The van der Waals surface area contributed by atoms with E-state index in [4.69, 9.17) is 11.5 Å². The monoisotopic (exact) mass is 426 g/mol. The number of hydrogen-bond acceptors (Lipinski definition) is 6. The molecule has 0 amide bonds. The smallest absolute Gasteiger partial charge is 0.240 e. The van der Waals surface area contributed by atoms with Crippen LogP contribution in [0.5, 0.6) is 0 Å². The Kier molecular flexibility index (Phi) is 7.81. The highest BCUT2D eigenvalue weighted by Crippen LogP contribution is 2.12. The lowest BCUT2D eigenvalue weighted by molar-refractivity contribution is 0.562. The number of rotatable bonds is 11. The van der Waals surface area contributed by atoms with Gasteiger partial charge in [0.15, 0.2) is 0 Å². The molecule has 6 N–H and O–H groups in total. The number of anilines is 2. The summed E-state index contributed by atoms with van der Waals surface area (Å²) in [4.78, 5) is 0.359. The third-order valence-electron chi connectivity index (χ3n) is 4.07. The highest BCUT2D eigenvalue weighted by Gasteiger charge is 2.13. The minimum Gasteiger partial charge on any atom is -0.399 e. The van der Waals surface area contributed by atoms with E-state index in [0.717, 1.165) is 12.8 Å². The first-order valence-electron chi connectivity index (χ1n) is 8.91. The third kappa shape index (κ3) is 6.79. The summed E-state index contributed by atoms with van der Waals surface area (Å²) in [5.74, 6) is 0. The average molecular weight is 427 g/mol. The van der Waals surface area contributed by atoms with E-state index in [9.17, 15) is 16.8 Å². The molecular formula is C18H26N4O4S2. The molecule has 0 saturated carbocycles. The molecule has 0 spiro atoms. The predicted octanol–water partition coefficient (Wildman–Crippen LogP) is 1.67. The number of sulfonamides is 2. The molecular weight excluding hydrogens is 400 g/mol. The van der Waals surface area contributed by atoms with Crippen LogP contribution in [-0.2, 0) is 20.0 Å². The quantitative estimate of drug-likeness (QED) is 0.318. The summed E-state index contributed by atoms with van der Waals surface area (Å²) in [7, 11) is -7.07. The van der Waals surface area contributed by atoms with Crippen LogP contribution in [-0.4, -0.2) is 29.9 Å². The molecule has 0 aliphatic heterocycles. The fraction of sp³-hybridized carbons (Fsp3) is 0.333. The summed E-state index contributed by atoms with van der Waals surface area (Å²) in [6.07, 6.45) is 2.90. The molecule has 2 aromatic carbocycles. The van der Waals surface area contributed by atoms with Crippen molar-refractivity contribution in [1.82, 2.24) is 9.44 Å². The standard InChI is InChI=1S/C18H26N4O4S2/c19-15-5-9-17(10-6-15)27(23,24)21-13-3-1-2-4-14-22-28(25,26)18-11-7-16(20)8-12-18/h5-12,21-22H,1-4,13-14,19-20H2. The van der Waals surface area contributed by atoms with Crippen molar-refractivity contribution < 1.29 is 16.8 Å². The normalized spacial score (nSPS) is 12.1. The van der Waals surface area contributed by atoms with Gasteiger partial charge >= 0.3 is 0 Å². The van der Waals surface area contributed by atoms with Crippen molar-refractivity contribution in [2.24, 2.45) is 0 Å². The van der Waals surface area contributed by atoms with Crippen LogP contribution < -0.4 is 20.9 Å². The summed E-state index contributed by atoms with van der Waals surface area (Å²) in [5, 5.41) is 0. The van der Waals surface area contributed by atoms with Crippen LogP contribution in [0.1, 0.15) is 25.7 Å². The number of benzene rings is 2. The summed E-state index contributed by atoms with van der Waals surface area (Å²) in [5.41, 5.74) is 12.1. The second kappa shape index (κ2) is 9.87. The lowest BCUT2D eigenvalue weighted by Gasteiger charge is -2.08. The highest BCUT2D eigenvalue weighted by atomic mass is 32.2. The minimum atomic E-state index is -3.53. The SMILES string of the molecule is Nc1ccc(S(=O)(=O)NCCCCCCNS(=O)(=O)c2ccc(N)cc2)cc1. The minimum absolute atomic E-state index is 0.179. The van der Waals surface area contributed by atoms with Crippen molar-refractivity contribution in [2.45, 2.75) is 35.5 Å². The van der Waals surface area contributed by atoms with E-state index < -0.39 is 20.0 Å². The summed E-state index contributed by atoms with van der Waals surface area (Å²) in [6.45, 7) is 0.647. The van der Waals surface area contributed by atoms with E-state index in [1.807, 2.05) is 0 Å². The van der Waals surface area contributed by atoms with Crippen LogP contribution in [0.25, 0.3) is 0 Å². The maximum Gasteiger partial charge on any atom is 0.240 e. The van der Waals surface area contributed by atoms with Gasteiger partial charge in [0.2, 0.25) is 20.0 Å². The Morgan fingerprint density at radius 1 is 0.571 bits per heavy atom. The predicted molar refractivity (Wildman–Crippen MR) is 111 cm³/mol. The number of hydrogen-bond donors (Lipinski definition) is 4. The summed E-state index contributed by atoms with van der Waals surface area (Å²) < 4.78 is 53.5. The maximum atomic E-state index is 12.1. The van der Waals surface area contributed by atoms with Gasteiger partial charge in [-0.15, -0.1) is 0 Å². The second-order valence-corrected chi connectivity index (χ2v) is 9.88. The van der Waals surface area contributed by atoms with Crippen LogP contribution in [0.2, 0.25) is 0 Å². The maximum absolute atomic E-state index is 12.1. The van der Waals surface area contributed by atoms with Gasteiger partial charge in [0.25, 0.3) is 0 Å². The van der Waals surface area contributed by atoms with E-state index in [1.165, 1.54) is 24.3 Å². The van der Waals surface area contributed by atoms with Crippen molar-refractivity contribution in [1.29, 1.82) is 0 Å². The zero-order valence-electron chi connectivity index (χ0n) is 15.5. The van der Waals surface area contributed by atoms with E-state index in [1.54, 1.807) is 24.3 Å². The van der Waals surface area contributed by atoms with Crippen LogP contribution in [0.4, 0.5) is 11.4 Å². The Morgan fingerprint density at radius 3 is 1.21 bits per heavy atom. The topological polar surface area (TPSA) is 144 Å². The first-order valence-corrected chi connectivity index (χ1v) is 11.9. The van der Waals surface area contributed by atoms with Gasteiger partial charge in [-0.05, 0) is 61.4 Å². The van der Waals surface area contributed by atoms with Crippen LogP contribution in [0.3, 0.4) is 0 Å². The summed E-state index contributed by atoms with van der Waals surface area (Å²) >= 11 is 0. The summed E-state index contributed by atoms with van der Waals surface area (Å²) in [6, 6.07) is 12.0. The Balaban J connectivity index is 1.63. The van der Waals surface area contributed by atoms with Crippen LogP contribution >= 0.6 is 0 Å². The molecule has 0 aromatic heterocycles. The molecule has 0 radical (unpaired) electrons. The van der Waals surface area contributed by atoms with Gasteiger partial charge in [0.05, 0.1) is 9.79 Å². The zero-order valence-corrected chi connectivity index (χ0v) is 17.1. The Bertz CT molecular complexity index is 876. The van der Waals surface area contributed by atoms with Gasteiger partial charge in [0.1, 0.15) is 0 Å². The molecule has 2 rings (SSSR count). The van der Waals surface area contributed by atoms with Gasteiger partial charge in [-0.2, -0.15) is 0 Å². The van der Waals surface area contributed by atoms with Gasteiger partial charge in [-0.25, -0.2) is 26.3 Å². The Hall–Kier alpha value is -2.14. The molecule has 0 saturated heterocycles. The number of unbranched alkanes of at least 4 members (excludes halogenated alkanes) is 3. The van der Waals surface area contributed by atoms with Crippen molar-refractivity contribution >= 4 is 31.4 Å². The van der Waals surface area contributed by atoms with Crippen molar-refractivity contribution in [3.63, 3.8) is 0 Å². The lowest BCUT2D eigenvalue weighted by Crippen LogP contribution is -2.25. The molecule has 0 fully saturated rings. The van der Waals surface area contributed by atoms with E-state index in [-0.39, 0.29) is 9.79 Å². The van der Waals surface area contributed by atoms with Gasteiger partial charge < -0.3 is 11.5 Å². The lowest BCUT2D eigenvalue weighted by atomic mass is 10.2. The molecule has 0 bridgehead atoms. The molecule has 0 aliphatic carbocycles. The molecule has 154 valence electrons. The fourth-order valence-corrected chi connectivity index (χ4v) is 4.63. The molecule has 0 heterocycles. The molecule has 28 heavy (non-hydrogen) atoms. The van der Waals surface area contributed by atoms with E-state index >= 15 is 0 Å². The van der Waals surface area contributed by atoms with Crippen molar-refractivity contribution in [3.8, 4) is 0 Å². The molecule has 0 aliphatic rings. The van der Waals surface area contributed by atoms with Gasteiger partial charge in [-0.1, -0.05) is 12.8 Å². The number of nitrogen functional groups attached to an aromatic ring is 2. The van der Waals surface area contributed by atoms with E-state index in [2.05, 4.69) is 9.44 Å². The third-order valence-corrected chi connectivity index (χ3v) is 7.02. The largest absolute Gasteiger partial charge is 0.399 e. The zero-order chi connectivity index (χ0) is 20.6. The van der Waals surface area contributed by atoms with Gasteiger partial charge in [0, 0.05) is 24.5 Å². The van der Waals surface area contributed by atoms with Gasteiger partial charge in [-0.3, -0.25) is 0 Å². The van der Waals surface area contributed by atoms with Crippen molar-refractivity contribution in [3.05, 3.63) is 48.5 Å². The van der Waals surface area contributed by atoms with Crippen LogP contribution in [0, 0.1) is 0 Å². The first kappa shape index (κ1) is 22.2. The first-order chi connectivity index (χ1) is 13.2. The molecule has 10 heteroatoms. The highest BCUT2D eigenvalue weighted by molar-refractivity contribution is 7.89. The average Bonchev–Trinajstić information content (AvgIpc) is 2.64. The van der Waals surface area contributed by atoms with E-state index in [0.29, 0.717) is 37.3 Å². The Morgan fingerprint density at radius 2 is 0.893 bits per heavy atom. The molecule has 0 atom stereocenters. The number of nitrogens with one attached hydrogen (secondary N) is 2. The molecule has 0 unspecified atom stereocenters. The molecule has 2 aromatic rings. The second-order valence-electron chi connectivity index (χ2n) is 6.35. The molecule has 8 nitrogen and oxygen atoms in total. The van der Waals surface area contributed by atoms with Crippen LogP contribution in [0.15, 0.2) is 58.3 Å². The number of nitrogens with two attached hydrogens (primary N) is 2. The Labute approximate surface area is 166 Å².